The predicted molar refractivity (Wildman–Crippen MR) is 60.6 cm³/mol. The lowest BCUT2D eigenvalue weighted by atomic mass is 10.0. The van der Waals surface area contributed by atoms with Crippen LogP contribution in [-0.2, 0) is 6.18 Å². The van der Waals surface area contributed by atoms with Gasteiger partial charge in [-0.05, 0) is 37.6 Å². The molecule has 92 valence electrons. The van der Waals surface area contributed by atoms with E-state index in [0.29, 0.717) is 10.9 Å². The molecule has 5 heteroatoms. The number of rotatable bonds is 1. The Morgan fingerprint density at radius 2 is 1.94 bits per heavy atom. The number of nitrogens with two attached hydrogens (primary N) is 1. The third-order valence-corrected chi connectivity index (χ3v) is 2.82. The van der Waals surface area contributed by atoms with Crippen LogP contribution in [0.3, 0.4) is 0 Å². The lowest BCUT2D eigenvalue weighted by Crippen LogP contribution is -2.07. The molecular weight excluding hydrogens is 229 g/mol. The first kappa shape index (κ1) is 12.0. The SMILES string of the molecule is Cc1[nH]c2ccc(C(F)(F)F)cc2c1C(C)N. The van der Waals surface area contributed by atoms with Crippen LogP contribution in [-0.4, -0.2) is 4.98 Å². The zero-order valence-corrected chi connectivity index (χ0v) is 9.52. The number of H-pyrrole nitrogens is 1. The lowest BCUT2D eigenvalue weighted by Gasteiger charge is -2.08. The van der Waals surface area contributed by atoms with Gasteiger partial charge in [-0.2, -0.15) is 13.2 Å². The molecule has 1 atom stereocenters. The molecule has 2 rings (SSSR count). The molecule has 2 aromatic rings. The first-order valence-electron chi connectivity index (χ1n) is 5.25. The number of aromatic nitrogens is 1. The Balaban J connectivity index is 2.71. The van der Waals surface area contributed by atoms with Crippen LogP contribution in [0, 0.1) is 6.92 Å². The lowest BCUT2D eigenvalue weighted by molar-refractivity contribution is -0.137. The van der Waals surface area contributed by atoms with Gasteiger partial charge in [0.25, 0.3) is 0 Å². The molecular formula is C12H13F3N2. The van der Waals surface area contributed by atoms with Crippen LogP contribution in [0.5, 0.6) is 0 Å². The maximum atomic E-state index is 12.6. The van der Waals surface area contributed by atoms with Gasteiger partial charge in [-0.1, -0.05) is 0 Å². The van der Waals surface area contributed by atoms with Crippen LogP contribution in [0.2, 0.25) is 0 Å². The highest BCUT2D eigenvalue weighted by Gasteiger charge is 2.31. The number of fused-ring (bicyclic) bond motifs is 1. The van der Waals surface area contributed by atoms with Crippen molar-refractivity contribution in [2.24, 2.45) is 5.73 Å². The molecule has 0 fully saturated rings. The highest BCUT2D eigenvalue weighted by Crippen LogP contribution is 2.34. The van der Waals surface area contributed by atoms with Crippen LogP contribution in [0.25, 0.3) is 10.9 Å². The number of aryl methyl sites for hydroxylation is 1. The van der Waals surface area contributed by atoms with Crippen molar-refractivity contribution in [1.29, 1.82) is 0 Å². The van der Waals surface area contributed by atoms with Crippen LogP contribution in [0.4, 0.5) is 13.2 Å². The topological polar surface area (TPSA) is 41.8 Å². The maximum absolute atomic E-state index is 12.6. The first-order chi connectivity index (χ1) is 7.80. The molecule has 0 saturated heterocycles. The van der Waals surface area contributed by atoms with Gasteiger partial charge in [0.05, 0.1) is 5.56 Å². The molecule has 1 aromatic carbocycles. The third kappa shape index (κ3) is 2.02. The summed E-state index contributed by atoms with van der Waals surface area (Å²) in [7, 11) is 0. The summed E-state index contributed by atoms with van der Waals surface area (Å²) in [5, 5.41) is 0.548. The quantitative estimate of drug-likeness (QED) is 0.789. The van der Waals surface area contributed by atoms with Crippen molar-refractivity contribution in [3.05, 3.63) is 35.0 Å². The van der Waals surface area contributed by atoms with Gasteiger partial charge >= 0.3 is 6.18 Å². The Bertz CT molecular complexity index is 553. The molecule has 0 aliphatic rings. The number of hydrogen-bond donors (Lipinski definition) is 2. The van der Waals surface area contributed by atoms with E-state index in [4.69, 9.17) is 5.73 Å². The van der Waals surface area contributed by atoms with Gasteiger partial charge in [0.1, 0.15) is 0 Å². The second-order valence-corrected chi connectivity index (χ2v) is 4.21. The summed E-state index contributed by atoms with van der Waals surface area (Å²) in [5.74, 6) is 0. The van der Waals surface area contributed by atoms with E-state index in [0.717, 1.165) is 23.4 Å². The number of nitrogens with one attached hydrogen (secondary N) is 1. The first-order valence-corrected chi connectivity index (χ1v) is 5.25. The Hall–Kier alpha value is -1.49. The van der Waals surface area contributed by atoms with Crippen molar-refractivity contribution in [2.45, 2.75) is 26.1 Å². The Morgan fingerprint density at radius 3 is 2.47 bits per heavy atom. The minimum atomic E-state index is -4.32. The van der Waals surface area contributed by atoms with Crippen molar-refractivity contribution in [2.75, 3.05) is 0 Å². The van der Waals surface area contributed by atoms with Gasteiger partial charge in [-0.25, -0.2) is 0 Å². The van der Waals surface area contributed by atoms with Gasteiger partial charge < -0.3 is 10.7 Å². The summed E-state index contributed by atoms with van der Waals surface area (Å²) in [6.07, 6.45) is -4.32. The fourth-order valence-corrected chi connectivity index (χ4v) is 2.11. The van der Waals surface area contributed by atoms with Crippen LogP contribution in [0.15, 0.2) is 18.2 Å². The third-order valence-electron chi connectivity index (χ3n) is 2.82. The van der Waals surface area contributed by atoms with Crippen LogP contribution in [0.1, 0.15) is 29.8 Å². The van der Waals surface area contributed by atoms with Gasteiger partial charge in [0.15, 0.2) is 0 Å². The summed E-state index contributed by atoms with van der Waals surface area (Å²) in [5.41, 5.74) is 7.37. The van der Waals surface area contributed by atoms with Crippen molar-refractivity contribution in [3.8, 4) is 0 Å². The second kappa shape index (κ2) is 3.77. The zero-order chi connectivity index (χ0) is 12.8. The Labute approximate surface area is 96.6 Å². The summed E-state index contributed by atoms with van der Waals surface area (Å²) in [6, 6.07) is 3.37. The second-order valence-electron chi connectivity index (χ2n) is 4.21. The molecule has 0 aliphatic heterocycles. The number of alkyl halides is 3. The van der Waals surface area contributed by atoms with Crippen molar-refractivity contribution < 1.29 is 13.2 Å². The number of hydrogen-bond acceptors (Lipinski definition) is 1. The number of aromatic amines is 1. The number of halogens is 3. The normalized spacial score (nSPS) is 14.2. The molecule has 0 saturated carbocycles. The highest BCUT2D eigenvalue weighted by atomic mass is 19.4. The summed E-state index contributed by atoms with van der Waals surface area (Å²) < 4.78 is 37.8. The summed E-state index contributed by atoms with van der Waals surface area (Å²) in [6.45, 7) is 3.57. The van der Waals surface area contributed by atoms with E-state index in [-0.39, 0.29) is 6.04 Å². The standard InChI is InChI=1S/C12H13F3N2/c1-6(16)11-7(2)17-10-4-3-8(5-9(10)11)12(13,14)15/h3-6,17H,16H2,1-2H3. The Kier molecular flexibility index (Phi) is 2.66. The molecule has 3 N–H and O–H groups in total. The molecule has 0 aliphatic carbocycles. The van der Waals surface area contributed by atoms with E-state index < -0.39 is 11.7 Å². The zero-order valence-electron chi connectivity index (χ0n) is 9.52. The molecule has 1 heterocycles. The van der Waals surface area contributed by atoms with E-state index >= 15 is 0 Å². The van der Waals surface area contributed by atoms with Crippen molar-refractivity contribution in [3.63, 3.8) is 0 Å². The van der Waals surface area contributed by atoms with Crippen LogP contribution >= 0.6 is 0 Å². The van der Waals surface area contributed by atoms with Gasteiger partial charge in [-0.15, -0.1) is 0 Å². The molecule has 1 aromatic heterocycles. The van der Waals surface area contributed by atoms with E-state index in [2.05, 4.69) is 4.98 Å². The molecule has 17 heavy (non-hydrogen) atoms. The van der Waals surface area contributed by atoms with Crippen molar-refractivity contribution in [1.82, 2.24) is 4.98 Å². The molecule has 0 amide bonds. The summed E-state index contributed by atoms with van der Waals surface area (Å²) in [4.78, 5) is 3.04. The average molecular weight is 242 g/mol. The molecule has 0 radical (unpaired) electrons. The van der Waals surface area contributed by atoms with E-state index in [1.807, 2.05) is 6.92 Å². The summed E-state index contributed by atoms with van der Waals surface area (Å²) >= 11 is 0. The fraction of sp³-hybridized carbons (Fsp3) is 0.333. The molecule has 0 spiro atoms. The van der Waals surface area contributed by atoms with Crippen LogP contribution < -0.4 is 5.73 Å². The van der Waals surface area contributed by atoms with E-state index in [1.165, 1.54) is 6.07 Å². The minimum absolute atomic E-state index is 0.299. The largest absolute Gasteiger partial charge is 0.416 e. The molecule has 2 nitrogen and oxygen atoms in total. The van der Waals surface area contributed by atoms with E-state index in [9.17, 15) is 13.2 Å². The van der Waals surface area contributed by atoms with Gasteiger partial charge in [-0.3, -0.25) is 0 Å². The van der Waals surface area contributed by atoms with E-state index in [1.54, 1.807) is 6.92 Å². The number of benzene rings is 1. The van der Waals surface area contributed by atoms with Crippen molar-refractivity contribution >= 4 is 10.9 Å². The molecule has 0 bridgehead atoms. The minimum Gasteiger partial charge on any atom is -0.358 e. The average Bonchev–Trinajstić information content (AvgIpc) is 2.50. The smallest absolute Gasteiger partial charge is 0.358 e. The van der Waals surface area contributed by atoms with Gasteiger partial charge in [0.2, 0.25) is 0 Å². The predicted octanol–water partition coefficient (Wildman–Crippen LogP) is 3.51. The maximum Gasteiger partial charge on any atom is 0.416 e. The Morgan fingerprint density at radius 1 is 1.29 bits per heavy atom. The highest BCUT2D eigenvalue weighted by molar-refractivity contribution is 5.85. The fourth-order valence-electron chi connectivity index (χ4n) is 2.11. The monoisotopic (exact) mass is 242 g/mol. The van der Waals surface area contributed by atoms with Gasteiger partial charge in [0, 0.05) is 22.6 Å². The molecule has 1 unspecified atom stereocenters.